The number of phenols is 1. The summed E-state index contributed by atoms with van der Waals surface area (Å²) in [4.78, 5) is 13.9. The standard InChI is InChI=1S/C13H13BrN2O2/c14-9-4-5-12(17)11(7-9)13(18)16-6-2-1-3-10(16)8-15/h4-5,7,10,17H,1-3,6H2. The molecule has 94 valence electrons. The zero-order valence-corrected chi connectivity index (χ0v) is 11.4. The minimum Gasteiger partial charge on any atom is -0.507 e. The molecule has 0 aliphatic carbocycles. The smallest absolute Gasteiger partial charge is 0.258 e. The van der Waals surface area contributed by atoms with Crippen LogP contribution in [0.15, 0.2) is 22.7 Å². The Hall–Kier alpha value is -1.54. The van der Waals surface area contributed by atoms with Crippen LogP contribution in [0.4, 0.5) is 0 Å². The van der Waals surface area contributed by atoms with Crippen LogP contribution in [0.5, 0.6) is 5.75 Å². The molecule has 0 saturated carbocycles. The maximum Gasteiger partial charge on any atom is 0.258 e. The van der Waals surface area contributed by atoms with Crippen LogP contribution in [0.3, 0.4) is 0 Å². The Morgan fingerprint density at radius 1 is 1.50 bits per heavy atom. The highest BCUT2D eigenvalue weighted by molar-refractivity contribution is 9.10. The average molecular weight is 309 g/mol. The van der Waals surface area contributed by atoms with E-state index in [0.717, 1.165) is 17.3 Å². The van der Waals surface area contributed by atoms with Crippen molar-refractivity contribution in [1.82, 2.24) is 4.90 Å². The predicted molar refractivity (Wildman–Crippen MR) is 70.1 cm³/mol. The van der Waals surface area contributed by atoms with Gasteiger partial charge in [0, 0.05) is 11.0 Å². The largest absolute Gasteiger partial charge is 0.507 e. The van der Waals surface area contributed by atoms with Crippen LogP contribution in [0.2, 0.25) is 0 Å². The monoisotopic (exact) mass is 308 g/mol. The van der Waals surface area contributed by atoms with Crippen molar-refractivity contribution >= 4 is 21.8 Å². The molecule has 1 aromatic rings. The lowest BCUT2D eigenvalue weighted by Crippen LogP contribution is -2.42. The number of aromatic hydroxyl groups is 1. The van der Waals surface area contributed by atoms with E-state index >= 15 is 0 Å². The number of nitrogens with zero attached hydrogens (tertiary/aromatic N) is 2. The maximum absolute atomic E-state index is 12.3. The molecule has 0 bridgehead atoms. The van der Waals surface area contributed by atoms with Gasteiger partial charge >= 0.3 is 0 Å². The fourth-order valence-corrected chi connectivity index (χ4v) is 2.50. The molecular weight excluding hydrogens is 296 g/mol. The molecule has 5 heteroatoms. The van der Waals surface area contributed by atoms with Crippen LogP contribution >= 0.6 is 15.9 Å². The van der Waals surface area contributed by atoms with Gasteiger partial charge in [-0.05, 0) is 37.5 Å². The first kappa shape index (κ1) is 12.9. The number of piperidine rings is 1. The van der Waals surface area contributed by atoms with Crippen molar-refractivity contribution in [1.29, 1.82) is 5.26 Å². The molecule has 18 heavy (non-hydrogen) atoms. The van der Waals surface area contributed by atoms with E-state index in [0.29, 0.717) is 13.0 Å². The van der Waals surface area contributed by atoms with E-state index in [4.69, 9.17) is 5.26 Å². The van der Waals surface area contributed by atoms with Gasteiger partial charge in [-0.3, -0.25) is 4.79 Å². The van der Waals surface area contributed by atoms with Gasteiger partial charge in [0.2, 0.25) is 0 Å². The van der Waals surface area contributed by atoms with Crippen molar-refractivity contribution in [3.8, 4) is 11.8 Å². The molecule has 0 aromatic heterocycles. The van der Waals surface area contributed by atoms with Gasteiger partial charge in [-0.25, -0.2) is 0 Å². The topological polar surface area (TPSA) is 64.3 Å². The summed E-state index contributed by atoms with van der Waals surface area (Å²) in [5.74, 6) is -0.328. The molecule has 1 N–H and O–H groups in total. The summed E-state index contributed by atoms with van der Waals surface area (Å²) in [6, 6.07) is 6.50. The van der Waals surface area contributed by atoms with Crippen molar-refractivity contribution < 1.29 is 9.90 Å². The average Bonchev–Trinajstić information content (AvgIpc) is 2.40. The van der Waals surface area contributed by atoms with Crippen LogP contribution in [0.1, 0.15) is 29.6 Å². The van der Waals surface area contributed by atoms with Crippen LogP contribution in [-0.2, 0) is 0 Å². The number of hydrogen-bond acceptors (Lipinski definition) is 3. The van der Waals surface area contributed by atoms with E-state index < -0.39 is 0 Å². The first-order valence-corrected chi connectivity index (χ1v) is 6.62. The van der Waals surface area contributed by atoms with Gasteiger partial charge in [0.25, 0.3) is 5.91 Å². The highest BCUT2D eigenvalue weighted by atomic mass is 79.9. The first-order valence-electron chi connectivity index (χ1n) is 5.82. The third-order valence-electron chi connectivity index (χ3n) is 3.10. The number of phenolic OH excluding ortho intramolecular Hbond substituents is 1. The van der Waals surface area contributed by atoms with E-state index in [1.807, 2.05) is 0 Å². The SMILES string of the molecule is N#CC1CCCCN1C(=O)c1cc(Br)ccc1O. The molecule has 4 nitrogen and oxygen atoms in total. The number of rotatable bonds is 1. The summed E-state index contributed by atoms with van der Waals surface area (Å²) in [5, 5.41) is 18.8. The van der Waals surface area contributed by atoms with E-state index in [9.17, 15) is 9.90 Å². The second-order valence-corrected chi connectivity index (χ2v) is 5.22. The quantitative estimate of drug-likeness (QED) is 0.867. The van der Waals surface area contributed by atoms with Gasteiger partial charge in [-0.2, -0.15) is 5.26 Å². The molecule has 0 spiro atoms. The predicted octanol–water partition coefficient (Wildman–Crippen LogP) is 2.67. The van der Waals surface area contributed by atoms with E-state index in [1.165, 1.54) is 6.07 Å². The van der Waals surface area contributed by atoms with Crippen molar-refractivity contribution in [3.63, 3.8) is 0 Å². The third kappa shape index (κ3) is 2.49. The number of likely N-dealkylation sites (tertiary alicyclic amines) is 1. The molecule has 1 amide bonds. The van der Waals surface area contributed by atoms with Crippen LogP contribution in [0.25, 0.3) is 0 Å². The Bertz CT molecular complexity index is 510. The molecule has 1 heterocycles. The van der Waals surface area contributed by atoms with Gasteiger partial charge in [-0.15, -0.1) is 0 Å². The van der Waals surface area contributed by atoms with Crippen molar-refractivity contribution in [2.75, 3.05) is 6.54 Å². The molecule has 1 fully saturated rings. The van der Waals surface area contributed by atoms with Gasteiger partial charge in [0.05, 0.1) is 11.6 Å². The summed E-state index contributed by atoms with van der Waals surface area (Å²) < 4.78 is 0.731. The Morgan fingerprint density at radius 3 is 3.00 bits per heavy atom. The number of amides is 1. The minimum absolute atomic E-state index is 0.0505. The number of halogens is 1. The Balaban J connectivity index is 2.30. The zero-order valence-electron chi connectivity index (χ0n) is 9.77. The van der Waals surface area contributed by atoms with E-state index in [-0.39, 0.29) is 23.3 Å². The molecule has 1 aromatic carbocycles. The second kappa shape index (κ2) is 5.40. The van der Waals surface area contributed by atoms with Crippen LogP contribution in [-0.4, -0.2) is 28.5 Å². The van der Waals surface area contributed by atoms with Gasteiger partial charge in [-0.1, -0.05) is 15.9 Å². The number of carbonyl (C=O) groups is 1. The lowest BCUT2D eigenvalue weighted by Gasteiger charge is -2.31. The number of benzene rings is 1. The van der Waals surface area contributed by atoms with Gasteiger partial charge in [0.1, 0.15) is 11.8 Å². The molecule has 1 aliphatic rings. The molecule has 1 saturated heterocycles. The van der Waals surface area contributed by atoms with Crippen molar-refractivity contribution in [2.45, 2.75) is 25.3 Å². The number of carbonyl (C=O) groups excluding carboxylic acids is 1. The van der Waals surface area contributed by atoms with Crippen molar-refractivity contribution in [3.05, 3.63) is 28.2 Å². The van der Waals surface area contributed by atoms with Crippen LogP contribution in [0, 0.1) is 11.3 Å². The summed E-state index contributed by atoms with van der Waals surface area (Å²) in [5.41, 5.74) is 0.242. The Kier molecular flexibility index (Phi) is 3.87. The third-order valence-corrected chi connectivity index (χ3v) is 3.59. The van der Waals surface area contributed by atoms with Crippen molar-refractivity contribution in [2.24, 2.45) is 0 Å². The first-order chi connectivity index (χ1) is 8.63. The fourth-order valence-electron chi connectivity index (χ4n) is 2.14. The normalized spacial score (nSPS) is 19.3. The summed E-state index contributed by atoms with van der Waals surface area (Å²) in [6.45, 7) is 0.572. The van der Waals surface area contributed by atoms with Crippen LogP contribution < -0.4 is 0 Å². The second-order valence-electron chi connectivity index (χ2n) is 4.30. The highest BCUT2D eigenvalue weighted by Gasteiger charge is 2.28. The van der Waals surface area contributed by atoms with Gasteiger partial charge < -0.3 is 10.0 Å². The fraction of sp³-hybridized carbons (Fsp3) is 0.385. The summed E-state index contributed by atoms with van der Waals surface area (Å²) in [7, 11) is 0. The highest BCUT2D eigenvalue weighted by Crippen LogP contribution is 2.26. The zero-order chi connectivity index (χ0) is 13.1. The summed E-state index contributed by atoms with van der Waals surface area (Å²) >= 11 is 3.27. The lowest BCUT2D eigenvalue weighted by atomic mass is 10.0. The Morgan fingerprint density at radius 2 is 2.28 bits per heavy atom. The van der Waals surface area contributed by atoms with E-state index in [2.05, 4.69) is 22.0 Å². The Labute approximate surface area is 114 Å². The van der Waals surface area contributed by atoms with E-state index in [1.54, 1.807) is 17.0 Å². The molecule has 1 aliphatic heterocycles. The molecule has 2 rings (SSSR count). The molecule has 1 atom stereocenters. The van der Waals surface area contributed by atoms with Gasteiger partial charge in [0.15, 0.2) is 0 Å². The number of nitriles is 1. The molecular formula is C13H13BrN2O2. The minimum atomic E-state index is -0.385. The summed E-state index contributed by atoms with van der Waals surface area (Å²) in [6.07, 6.45) is 2.57. The number of hydrogen-bond donors (Lipinski definition) is 1. The molecule has 0 radical (unpaired) electrons. The maximum atomic E-state index is 12.3. The lowest BCUT2D eigenvalue weighted by molar-refractivity contribution is 0.0667. The molecule has 1 unspecified atom stereocenters.